The van der Waals surface area contributed by atoms with E-state index in [0.717, 1.165) is 38.9 Å². The zero-order valence-electron chi connectivity index (χ0n) is 13.9. The number of alkyl halides is 1. The van der Waals surface area contributed by atoms with E-state index in [1.54, 1.807) is 0 Å². The zero-order chi connectivity index (χ0) is 15.5. The lowest BCUT2D eigenvalue weighted by atomic mass is 9.77. The number of hydrogen-bond acceptors (Lipinski definition) is 2. The second-order valence-electron chi connectivity index (χ2n) is 7.39. The number of likely N-dealkylation sites (tertiary alicyclic amines) is 2. The molecule has 21 heavy (non-hydrogen) atoms. The van der Waals surface area contributed by atoms with Gasteiger partial charge >= 0.3 is 0 Å². The minimum Gasteiger partial charge on any atom is -0.338 e. The molecule has 1 amide bonds. The number of carbonyl (C=O) groups is 1. The molecule has 1 atom stereocenters. The Kier molecular flexibility index (Phi) is 5.64. The molecule has 2 fully saturated rings. The Bertz CT molecular complexity index is 351. The molecule has 0 aromatic rings. The van der Waals surface area contributed by atoms with Crippen molar-refractivity contribution in [1.29, 1.82) is 0 Å². The van der Waals surface area contributed by atoms with E-state index >= 15 is 0 Å². The van der Waals surface area contributed by atoms with Crippen LogP contribution in [0.5, 0.6) is 0 Å². The molecule has 0 aromatic heterocycles. The van der Waals surface area contributed by atoms with Gasteiger partial charge in [0.15, 0.2) is 0 Å². The number of nitrogens with zero attached hydrogens (tertiary/aromatic N) is 2. The van der Waals surface area contributed by atoms with Gasteiger partial charge in [-0.05, 0) is 43.9 Å². The number of halogens is 1. The zero-order valence-corrected chi connectivity index (χ0v) is 13.9. The van der Waals surface area contributed by atoms with Gasteiger partial charge < -0.3 is 4.90 Å². The molecule has 0 aliphatic carbocycles. The highest BCUT2D eigenvalue weighted by atomic mass is 19.1. The lowest BCUT2D eigenvalue weighted by molar-refractivity contribution is -0.139. The molecular formula is C17H31FN2O. The lowest BCUT2D eigenvalue weighted by Crippen LogP contribution is -2.54. The predicted octanol–water partition coefficient (Wildman–Crippen LogP) is 3.24. The van der Waals surface area contributed by atoms with Gasteiger partial charge in [0.25, 0.3) is 0 Å². The average Bonchev–Trinajstić information content (AvgIpc) is 2.49. The van der Waals surface area contributed by atoms with E-state index in [1.807, 2.05) is 0 Å². The minimum atomic E-state index is -0.668. The van der Waals surface area contributed by atoms with Gasteiger partial charge in [-0.1, -0.05) is 20.8 Å². The van der Waals surface area contributed by atoms with E-state index in [0.29, 0.717) is 25.4 Å². The summed E-state index contributed by atoms with van der Waals surface area (Å²) in [6.45, 7) is 9.58. The molecule has 0 radical (unpaired) electrons. The summed E-state index contributed by atoms with van der Waals surface area (Å²) in [4.78, 5) is 17.0. The fourth-order valence-electron chi connectivity index (χ4n) is 3.62. The van der Waals surface area contributed by atoms with Crippen LogP contribution in [-0.2, 0) is 4.79 Å². The number of amides is 1. The van der Waals surface area contributed by atoms with Crippen LogP contribution < -0.4 is 0 Å². The first-order valence-electron chi connectivity index (χ1n) is 8.60. The van der Waals surface area contributed by atoms with E-state index < -0.39 is 6.17 Å². The molecule has 2 rings (SSSR count). The van der Waals surface area contributed by atoms with Gasteiger partial charge in [-0.15, -0.1) is 0 Å². The quantitative estimate of drug-likeness (QED) is 0.795. The van der Waals surface area contributed by atoms with Gasteiger partial charge in [0, 0.05) is 25.7 Å². The molecule has 2 aliphatic rings. The first-order chi connectivity index (χ1) is 9.94. The topological polar surface area (TPSA) is 23.6 Å². The molecule has 2 aliphatic heterocycles. The van der Waals surface area contributed by atoms with Gasteiger partial charge in [-0.25, -0.2) is 4.39 Å². The van der Waals surface area contributed by atoms with Crippen molar-refractivity contribution in [3.63, 3.8) is 0 Å². The molecule has 4 heteroatoms. The lowest BCUT2D eigenvalue weighted by Gasteiger charge is -2.45. The number of carbonyl (C=O) groups excluding carboxylic acids is 1. The van der Waals surface area contributed by atoms with E-state index in [9.17, 15) is 9.18 Å². The molecule has 0 aromatic carbocycles. The highest BCUT2D eigenvalue weighted by molar-refractivity contribution is 5.78. The first kappa shape index (κ1) is 16.7. The molecule has 2 saturated heterocycles. The standard InChI is InChI=1S/C17H31FN2O/c1-4-17(2,3)15-7-5-6-10-20(15)16(21)13-19-11-8-14(18)9-12-19/h14-15H,4-13H2,1-3H3. The summed E-state index contributed by atoms with van der Waals surface area (Å²) in [6, 6.07) is 0.363. The van der Waals surface area contributed by atoms with Crippen LogP contribution in [-0.4, -0.2) is 54.1 Å². The van der Waals surface area contributed by atoms with Crippen molar-refractivity contribution in [3.8, 4) is 0 Å². The second kappa shape index (κ2) is 7.08. The summed E-state index contributed by atoms with van der Waals surface area (Å²) in [6.07, 6.45) is 5.06. The maximum Gasteiger partial charge on any atom is 0.237 e. The Morgan fingerprint density at radius 2 is 1.81 bits per heavy atom. The third-order valence-electron chi connectivity index (χ3n) is 5.51. The average molecular weight is 298 g/mol. The maximum atomic E-state index is 13.2. The monoisotopic (exact) mass is 298 g/mol. The summed E-state index contributed by atoms with van der Waals surface area (Å²) in [5.74, 6) is 0.249. The van der Waals surface area contributed by atoms with Gasteiger partial charge in [0.05, 0.1) is 6.54 Å². The maximum absolute atomic E-state index is 13.2. The van der Waals surface area contributed by atoms with Crippen LogP contribution >= 0.6 is 0 Å². The molecule has 0 spiro atoms. The molecule has 0 saturated carbocycles. The van der Waals surface area contributed by atoms with Crippen LogP contribution in [0, 0.1) is 5.41 Å². The smallest absolute Gasteiger partial charge is 0.237 e. The van der Waals surface area contributed by atoms with Crippen molar-refractivity contribution in [2.45, 2.75) is 71.5 Å². The summed E-state index contributed by atoms with van der Waals surface area (Å²) in [7, 11) is 0. The van der Waals surface area contributed by atoms with Crippen molar-refractivity contribution in [3.05, 3.63) is 0 Å². The van der Waals surface area contributed by atoms with Crippen LogP contribution in [0.25, 0.3) is 0 Å². The van der Waals surface area contributed by atoms with Crippen LogP contribution in [0.2, 0.25) is 0 Å². The van der Waals surface area contributed by atoms with E-state index in [4.69, 9.17) is 0 Å². The van der Waals surface area contributed by atoms with Gasteiger partial charge in [-0.3, -0.25) is 9.69 Å². The SMILES string of the molecule is CCC(C)(C)C1CCCCN1C(=O)CN1CCC(F)CC1. The fraction of sp³-hybridized carbons (Fsp3) is 0.941. The second-order valence-corrected chi connectivity index (χ2v) is 7.39. The summed E-state index contributed by atoms with van der Waals surface area (Å²) >= 11 is 0. The van der Waals surface area contributed by atoms with Crippen LogP contribution in [0.1, 0.15) is 59.3 Å². The summed E-state index contributed by atoms with van der Waals surface area (Å²) < 4.78 is 13.2. The number of rotatable bonds is 4. The van der Waals surface area contributed by atoms with Crippen LogP contribution in [0.4, 0.5) is 4.39 Å². The summed E-state index contributed by atoms with van der Waals surface area (Å²) in [5, 5.41) is 0. The summed E-state index contributed by atoms with van der Waals surface area (Å²) in [5.41, 5.74) is 0.183. The predicted molar refractivity (Wildman–Crippen MR) is 84.0 cm³/mol. The Hall–Kier alpha value is -0.640. The molecule has 3 nitrogen and oxygen atoms in total. The highest BCUT2D eigenvalue weighted by Gasteiger charge is 2.37. The minimum absolute atomic E-state index is 0.183. The molecule has 1 unspecified atom stereocenters. The van der Waals surface area contributed by atoms with Gasteiger partial charge in [-0.2, -0.15) is 0 Å². The number of hydrogen-bond donors (Lipinski definition) is 0. The molecule has 2 heterocycles. The van der Waals surface area contributed by atoms with Crippen molar-refractivity contribution in [2.24, 2.45) is 5.41 Å². The van der Waals surface area contributed by atoms with E-state index in [-0.39, 0.29) is 11.3 Å². The van der Waals surface area contributed by atoms with Gasteiger partial charge in [0.2, 0.25) is 5.91 Å². The Balaban J connectivity index is 1.95. The third-order valence-corrected chi connectivity index (χ3v) is 5.51. The molecule has 0 bridgehead atoms. The van der Waals surface area contributed by atoms with Crippen LogP contribution in [0.15, 0.2) is 0 Å². The number of piperidine rings is 2. The van der Waals surface area contributed by atoms with Crippen molar-refractivity contribution < 1.29 is 9.18 Å². The van der Waals surface area contributed by atoms with Crippen molar-refractivity contribution in [2.75, 3.05) is 26.2 Å². The Labute approximate surface area is 128 Å². The molecular weight excluding hydrogens is 267 g/mol. The molecule has 0 N–H and O–H groups in total. The third kappa shape index (κ3) is 4.18. The van der Waals surface area contributed by atoms with Gasteiger partial charge in [0.1, 0.15) is 6.17 Å². The first-order valence-corrected chi connectivity index (χ1v) is 8.60. The highest BCUT2D eigenvalue weighted by Crippen LogP contribution is 2.35. The van der Waals surface area contributed by atoms with E-state index in [1.165, 1.54) is 6.42 Å². The fourth-order valence-corrected chi connectivity index (χ4v) is 3.62. The molecule has 122 valence electrons. The van der Waals surface area contributed by atoms with Crippen LogP contribution in [0.3, 0.4) is 0 Å². The van der Waals surface area contributed by atoms with Crippen molar-refractivity contribution in [1.82, 2.24) is 9.80 Å². The van der Waals surface area contributed by atoms with E-state index in [2.05, 4.69) is 30.6 Å². The Morgan fingerprint density at radius 1 is 1.14 bits per heavy atom. The normalized spacial score (nSPS) is 26.1. The van der Waals surface area contributed by atoms with Crippen molar-refractivity contribution >= 4 is 5.91 Å². The largest absolute Gasteiger partial charge is 0.338 e. The Morgan fingerprint density at radius 3 is 2.43 bits per heavy atom.